The predicted octanol–water partition coefficient (Wildman–Crippen LogP) is 1.96. The highest BCUT2D eigenvalue weighted by Gasteiger charge is 2.26. The van der Waals surface area contributed by atoms with Crippen LogP contribution >= 0.6 is 0 Å². The second-order valence-corrected chi connectivity index (χ2v) is 6.62. The molecule has 0 bridgehead atoms. The van der Waals surface area contributed by atoms with Crippen molar-refractivity contribution in [1.82, 2.24) is 0 Å². The lowest BCUT2D eigenvalue weighted by molar-refractivity contribution is -0.914. The molecule has 0 unspecified atom stereocenters. The Bertz CT molecular complexity index is 805. The number of aryl methyl sites for hydroxylation is 1. The minimum atomic E-state index is -0.587. The van der Waals surface area contributed by atoms with Gasteiger partial charge in [-0.05, 0) is 31.2 Å². The summed E-state index contributed by atoms with van der Waals surface area (Å²) in [7, 11) is 1.68. The van der Waals surface area contributed by atoms with Crippen LogP contribution in [0.15, 0.2) is 36.4 Å². The van der Waals surface area contributed by atoms with Crippen molar-refractivity contribution in [2.45, 2.75) is 13.5 Å². The first-order chi connectivity index (χ1) is 12.5. The number of halogens is 1. The lowest BCUT2D eigenvalue weighted by Crippen LogP contribution is -3.13. The number of benzene rings is 2. The molecule has 0 saturated carbocycles. The summed E-state index contributed by atoms with van der Waals surface area (Å²) in [6.07, 6.45) is 0. The number of hydrogen-bond donors (Lipinski definition) is 1. The third kappa shape index (κ3) is 3.94. The molecule has 1 heterocycles. The number of quaternary nitrogens is 1. The molecule has 6 nitrogen and oxygen atoms in total. The van der Waals surface area contributed by atoms with Crippen molar-refractivity contribution in [3.05, 3.63) is 63.5 Å². The Morgan fingerprint density at radius 1 is 1.23 bits per heavy atom. The maximum Gasteiger partial charge on any atom is 0.295 e. The number of methoxy groups -OCH3 is 1. The molecule has 1 aliphatic rings. The molecule has 0 spiro atoms. The minimum Gasteiger partial charge on any atom is -0.496 e. The van der Waals surface area contributed by atoms with Crippen LogP contribution in [-0.4, -0.2) is 38.2 Å². The maximum absolute atomic E-state index is 13.3. The Balaban J connectivity index is 1.69. The number of piperazine rings is 1. The van der Waals surface area contributed by atoms with Gasteiger partial charge in [-0.25, -0.2) is 4.39 Å². The Labute approximate surface area is 151 Å². The molecule has 0 aliphatic carbocycles. The lowest BCUT2D eigenvalue weighted by atomic mass is 10.1. The van der Waals surface area contributed by atoms with Crippen LogP contribution in [0.3, 0.4) is 0 Å². The second kappa shape index (κ2) is 7.70. The van der Waals surface area contributed by atoms with Crippen LogP contribution in [0.25, 0.3) is 0 Å². The fourth-order valence-corrected chi connectivity index (χ4v) is 3.47. The molecule has 2 aromatic rings. The first kappa shape index (κ1) is 18.1. The second-order valence-electron chi connectivity index (χ2n) is 6.62. The molecule has 1 saturated heterocycles. The van der Waals surface area contributed by atoms with Crippen LogP contribution in [0.1, 0.15) is 11.1 Å². The van der Waals surface area contributed by atoms with Gasteiger partial charge >= 0.3 is 0 Å². The number of ether oxygens (including phenoxy) is 1. The predicted molar refractivity (Wildman–Crippen MR) is 97.4 cm³/mol. The van der Waals surface area contributed by atoms with Gasteiger partial charge < -0.3 is 14.5 Å². The van der Waals surface area contributed by atoms with E-state index in [9.17, 15) is 14.5 Å². The van der Waals surface area contributed by atoms with Crippen LogP contribution in [0, 0.1) is 22.9 Å². The van der Waals surface area contributed by atoms with E-state index >= 15 is 0 Å². The quantitative estimate of drug-likeness (QED) is 0.654. The van der Waals surface area contributed by atoms with Gasteiger partial charge in [-0.3, -0.25) is 10.1 Å². The van der Waals surface area contributed by atoms with Crippen LogP contribution in [0.5, 0.6) is 5.75 Å². The van der Waals surface area contributed by atoms with Gasteiger partial charge in [0.15, 0.2) is 0 Å². The molecule has 0 atom stereocenters. The Morgan fingerprint density at radius 3 is 2.62 bits per heavy atom. The van der Waals surface area contributed by atoms with Crippen molar-refractivity contribution in [2.75, 3.05) is 38.2 Å². The molecule has 1 aliphatic heterocycles. The first-order valence-electron chi connectivity index (χ1n) is 8.64. The number of rotatable bonds is 5. The zero-order valence-electron chi connectivity index (χ0n) is 15.0. The molecule has 1 fully saturated rings. The minimum absolute atomic E-state index is 0.172. The number of nitro groups is 1. The SMILES string of the molecule is COc1ccc(C)cc1C[NH+]1CCN(c2ccc(F)cc2[N+](=O)[O-])CC1. The van der Waals surface area contributed by atoms with Crippen molar-refractivity contribution < 1.29 is 19.0 Å². The maximum atomic E-state index is 13.3. The summed E-state index contributed by atoms with van der Waals surface area (Å²) in [4.78, 5) is 14.1. The zero-order chi connectivity index (χ0) is 18.7. The molecule has 1 N–H and O–H groups in total. The third-order valence-electron chi connectivity index (χ3n) is 4.82. The van der Waals surface area contributed by atoms with E-state index < -0.39 is 10.7 Å². The molecule has 0 amide bonds. The summed E-state index contributed by atoms with van der Waals surface area (Å²) >= 11 is 0. The topological polar surface area (TPSA) is 60.0 Å². The summed E-state index contributed by atoms with van der Waals surface area (Å²) in [6.45, 7) is 6.00. The van der Waals surface area contributed by atoms with E-state index in [1.54, 1.807) is 7.11 Å². The van der Waals surface area contributed by atoms with Crippen LogP contribution in [-0.2, 0) is 6.54 Å². The average Bonchev–Trinajstić information content (AvgIpc) is 2.62. The number of nitrogens with zero attached hydrogens (tertiary/aromatic N) is 2. The van der Waals surface area contributed by atoms with Gasteiger partial charge in [0, 0.05) is 5.56 Å². The molecular formula is C19H23FN3O3+. The summed E-state index contributed by atoms with van der Waals surface area (Å²) in [5.41, 5.74) is 2.68. The largest absolute Gasteiger partial charge is 0.496 e. The normalized spacial score (nSPS) is 15.1. The monoisotopic (exact) mass is 360 g/mol. The lowest BCUT2D eigenvalue weighted by Gasteiger charge is -2.33. The zero-order valence-corrected chi connectivity index (χ0v) is 15.0. The molecular weight excluding hydrogens is 337 g/mol. The van der Waals surface area contributed by atoms with Gasteiger partial charge in [0.2, 0.25) is 0 Å². The average molecular weight is 360 g/mol. The van der Waals surface area contributed by atoms with E-state index in [0.717, 1.165) is 31.5 Å². The van der Waals surface area contributed by atoms with Crippen LogP contribution in [0.4, 0.5) is 15.8 Å². The van der Waals surface area contributed by atoms with Crippen molar-refractivity contribution >= 4 is 11.4 Å². The fourth-order valence-electron chi connectivity index (χ4n) is 3.47. The van der Waals surface area contributed by atoms with Crippen molar-refractivity contribution in [3.63, 3.8) is 0 Å². The summed E-state index contributed by atoms with van der Waals surface area (Å²) in [5.74, 6) is 0.302. The Hall–Kier alpha value is -2.67. The Kier molecular flexibility index (Phi) is 5.37. The fraction of sp³-hybridized carbons (Fsp3) is 0.368. The summed E-state index contributed by atoms with van der Waals surface area (Å²) in [6, 6.07) is 9.93. The van der Waals surface area contributed by atoms with Gasteiger partial charge in [-0.15, -0.1) is 0 Å². The number of nitro benzene ring substituents is 1. The van der Waals surface area contributed by atoms with Crippen LogP contribution in [0.2, 0.25) is 0 Å². The van der Waals surface area contributed by atoms with Gasteiger partial charge in [0.1, 0.15) is 23.8 Å². The third-order valence-corrected chi connectivity index (χ3v) is 4.82. The van der Waals surface area contributed by atoms with Crippen molar-refractivity contribution in [3.8, 4) is 5.75 Å². The van der Waals surface area contributed by atoms with Gasteiger partial charge in [0.25, 0.3) is 5.69 Å². The molecule has 7 heteroatoms. The van der Waals surface area contributed by atoms with E-state index in [0.29, 0.717) is 18.8 Å². The number of hydrogen-bond acceptors (Lipinski definition) is 4. The highest BCUT2D eigenvalue weighted by atomic mass is 19.1. The number of anilines is 1. The smallest absolute Gasteiger partial charge is 0.295 e. The van der Waals surface area contributed by atoms with E-state index in [1.807, 2.05) is 17.0 Å². The summed E-state index contributed by atoms with van der Waals surface area (Å²) < 4.78 is 18.8. The highest BCUT2D eigenvalue weighted by Crippen LogP contribution is 2.28. The molecule has 26 heavy (non-hydrogen) atoms. The number of nitrogens with one attached hydrogen (secondary N) is 1. The van der Waals surface area contributed by atoms with E-state index in [2.05, 4.69) is 13.0 Å². The van der Waals surface area contributed by atoms with Gasteiger partial charge in [-0.2, -0.15) is 0 Å². The van der Waals surface area contributed by atoms with E-state index in [4.69, 9.17) is 4.74 Å². The molecule has 138 valence electrons. The van der Waals surface area contributed by atoms with Crippen molar-refractivity contribution in [2.24, 2.45) is 0 Å². The summed E-state index contributed by atoms with van der Waals surface area (Å²) in [5, 5.41) is 11.2. The highest BCUT2D eigenvalue weighted by molar-refractivity contribution is 5.63. The van der Waals surface area contributed by atoms with Gasteiger partial charge in [-0.1, -0.05) is 11.6 Å². The standard InChI is InChI=1S/C19H22FN3O3/c1-14-3-6-19(26-2)15(11-14)13-21-7-9-22(10-8-21)17-5-4-16(20)12-18(17)23(24)25/h3-6,11-12H,7-10,13H2,1-2H3/p+1. The van der Waals surface area contributed by atoms with E-state index in [1.165, 1.54) is 28.2 Å². The first-order valence-corrected chi connectivity index (χ1v) is 8.64. The molecule has 2 aromatic carbocycles. The molecule has 0 radical (unpaired) electrons. The Morgan fingerprint density at radius 2 is 1.96 bits per heavy atom. The van der Waals surface area contributed by atoms with Crippen molar-refractivity contribution in [1.29, 1.82) is 0 Å². The van der Waals surface area contributed by atoms with Gasteiger partial charge in [0.05, 0.1) is 44.3 Å². The van der Waals surface area contributed by atoms with Crippen LogP contribution < -0.4 is 14.5 Å². The molecule has 0 aromatic heterocycles. The van der Waals surface area contributed by atoms with E-state index in [-0.39, 0.29) is 5.69 Å². The molecule has 3 rings (SSSR count).